The second-order valence-corrected chi connectivity index (χ2v) is 1.34. The van der Waals surface area contributed by atoms with E-state index in [1.165, 1.54) is 0 Å². The Kier molecular flexibility index (Phi) is 45.6. The van der Waals surface area contributed by atoms with Gasteiger partial charge in [0.25, 0.3) is 0 Å². The quantitative estimate of drug-likeness (QED) is 0.311. The molecule has 0 spiro atoms. The van der Waals surface area contributed by atoms with Crippen LogP contribution in [0.25, 0.3) is 0 Å². The molecule has 0 fully saturated rings. The summed E-state index contributed by atoms with van der Waals surface area (Å²) in [7, 11) is -4.67. The van der Waals surface area contributed by atoms with Crippen LogP contribution in [0.1, 0.15) is 0 Å². The molecule has 0 aromatic heterocycles. The van der Waals surface area contributed by atoms with Crippen molar-refractivity contribution in [2.75, 3.05) is 0 Å². The fourth-order valence-corrected chi connectivity index (χ4v) is 0. The predicted molar refractivity (Wildman–Crippen MR) is 45.6 cm³/mol. The van der Waals surface area contributed by atoms with Crippen molar-refractivity contribution in [2.45, 2.75) is 0 Å². The first-order valence-corrected chi connectivity index (χ1v) is 2.10. The maximum atomic E-state index is 8.74. The van der Waals surface area contributed by atoms with Gasteiger partial charge in [-0.1, -0.05) is 0 Å². The number of hydrogen-bond acceptors (Lipinski definition) is 2. The fourth-order valence-electron chi connectivity index (χ4n) is 0. The molecule has 0 saturated heterocycles. The van der Waals surface area contributed by atoms with E-state index in [4.69, 9.17) is 17.5 Å². The molecule has 0 amide bonds. The third-order valence-electron chi connectivity index (χ3n) is 0. The molecule has 0 rings (SSSR count). The van der Waals surface area contributed by atoms with E-state index in [0.717, 1.165) is 0 Å². The molecule has 0 radical (unpaired) electrons. The van der Waals surface area contributed by atoms with Crippen molar-refractivity contribution in [1.29, 1.82) is 0 Å². The van der Waals surface area contributed by atoms with Crippen LogP contribution in [0.4, 0.5) is 0 Å². The minimum absolute atomic E-state index is 0. The third kappa shape index (κ3) is 87.1. The molecule has 9 heteroatoms. The van der Waals surface area contributed by atoms with Crippen molar-refractivity contribution >= 4 is 116 Å². The zero-order valence-corrected chi connectivity index (χ0v) is 2.94. The van der Waals surface area contributed by atoms with Gasteiger partial charge in [0.05, 0.1) is 0 Å². The summed E-state index contributed by atoms with van der Waals surface area (Å²) in [5, 5.41) is 0. The Morgan fingerprint density at radius 2 is 0.889 bits per heavy atom. The average Bonchev–Trinajstić information content (AvgIpc) is 0.722. The molecule has 4 nitrogen and oxygen atoms in total. The molecule has 0 atom stereocenters. The first kappa shape index (κ1) is 29.4. The molecular formula is H8AlNa3O4S. The molecule has 0 aliphatic carbocycles. The van der Waals surface area contributed by atoms with Gasteiger partial charge >= 0.3 is 99.1 Å². The van der Waals surface area contributed by atoms with Crippen LogP contribution in [0, 0.1) is 0 Å². The van der Waals surface area contributed by atoms with Crippen molar-refractivity contribution in [3.8, 4) is 0 Å². The summed E-state index contributed by atoms with van der Waals surface area (Å²) in [6.07, 6.45) is 0. The number of rotatable bonds is 0. The molecule has 9 heavy (non-hydrogen) atoms. The van der Waals surface area contributed by atoms with E-state index >= 15 is 0 Å². The second kappa shape index (κ2) is 14.0. The Hall–Kier alpha value is 3.40. The molecule has 0 aromatic rings. The molecule has 0 aromatic carbocycles. The Morgan fingerprint density at radius 1 is 0.889 bits per heavy atom. The van der Waals surface area contributed by atoms with Crippen molar-refractivity contribution in [2.24, 2.45) is 0 Å². The molecule has 0 unspecified atom stereocenters. The Labute approximate surface area is 131 Å². The van der Waals surface area contributed by atoms with Crippen LogP contribution in [0.15, 0.2) is 0 Å². The summed E-state index contributed by atoms with van der Waals surface area (Å²) < 4.78 is 31.6. The van der Waals surface area contributed by atoms with Crippen LogP contribution < -0.4 is 0 Å². The van der Waals surface area contributed by atoms with E-state index in [1.807, 2.05) is 0 Å². The standard InChI is InChI=1S/Al.3Na.H2O4S.6H/c;;;;1-5(2,3)4;;;;;;/h;;;;(H2,1,2,3,4);;;;;;. The second-order valence-electron chi connectivity index (χ2n) is 0.448. The van der Waals surface area contributed by atoms with Gasteiger partial charge in [-0.15, -0.1) is 0 Å². The molecule has 2 N–H and O–H groups in total. The topological polar surface area (TPSA) is 74.6 Å². The van der Waals surface area contributed by atoms with Crippen LogP contribution in [-0.2, 0) is 10.4 Å². The number of hydrogen-bond donors (Lipinski definition) is 2. The van der Waals surface area contributed by atoms with Crippen molar-refractivity contribution < 1.29 is 17.5 Å². The van der Waals surface area contributed by atoms with Crippen LogP contribution in [0.2, 0.25) is 0 Å². The summed E-state index contributed by atoms with van der Waals surface area (Å²) >= 11 is 0. The summed E-state index contributed by atoms with van der Waals surface area (Å²) in [5.41, 5.74) is 0. The molecule has 0 saturated carbocycles. The molecule has 44 valence electrons. The summed E-state index contributed by atoms with van der Waals surface area (Å²) in [6, 6.07) is 0. The van der Waals surface area contributed by atoms with Crippen molar-refractivity contribution in [3.63, 3.8) is 0 Å². The zero-order chi connectivity index (χ0) is 4.50. The van der Waals surface area contributed by atoms with E-state index in [1.54, 1.807) is 0 Å². The van der Waals surface area contributed by atoms with Crippen molar-refractivity contribution in [3.05, 3.63) is 0 Å². The molecule has 0 aliphatic heterocycles. The van der Waals surface area contributed by atoms with Gasteiger partial charge in [-0.2, -0.15) is 8.42 Å². The molecule has 0 aliphatic rings. The van der Waals surface area contributed by atoms with Crippen LogP contribution in [0.5, 0.6) is 0 Å². The third-order valence-corrected chi connectivity index (χ3v) is 0. The van der Waals surface area contributed by atoms with Crippen molar-refractivity contribution in [1.82, 2.24) is 0 Å². The maximum absolute atomic E-state index is 8.74. The minimum atomic E-state index is -4.67. The van der Waals surface area contributed by atoms with E-state index in [2.05, 4.69) is 0 Å². The average molecular weight is 200 g/mol. The normalized spacial score (nSPS) is 6.44. The summed E-state index contributed by atoms with van der Waals surface area (Å²) in [4.78, 5) is 0. The SMILES string of the molecule is O=S(=O)(O)O.[AlH3].[NaH].[NaH].[NaH]. The summed E-state index contributed by atoms with van der Waals surface area (Å²) in [5.74, 6) is 0. The van der Waals surface area contributed by atoms with Gasteiger partial charge in [0.1, 0.15) is 0 Å². The van der Waals surface area contributed by atoms with Gasteiger partial charge in [0, 0.05) is 0 Å². The van der Waals surface area contributed by atoms with E-state index in [0.29, 0.717) is 0 Å². The van der Waals surface area contributed by atoms with E-state index < -0.39 is 10.4 Å². The fraction of sp³-hybridized carbons (Fsp3) is 0. The molecular weight excluding hydrogens is 192 g/mol. The Bertz CT molecular complexity index is 99.0. The monoisotopic (exact) mass is 200 g/mol. The molecule has 0 bridgehead atoms. The first-order chi connectivity index (χ1) is 2.00. The predicted octanol–water partition coefficient (Wildman–Crippen LogP) is -3.78. The van der Waals surface area contributed by atoms with Gasteiger partial charge in [-0.3, -0.25) is 9.11 Å². The van der Waals surface area contributed by atoms with Gasteiger partial charge in [-0.25, -0.2) is 0 Å². The zero-order valence-electron chi connectivity index (χ0n) is 2.12. The van der Waals surface area contributed by atoms with Gasteiger partial charge in [0.15, 0.2) is 17.4 Å². The van der Waals surface area contributed by atoms with Gasteiger partial charge in [-0.05, 0) is 0 Å². The van der Waals surface area contributed by atoms with E-state index in [-0.39, 0.29) is 106 Å². The van der Waals surface area contributed by atoms with Gasteiger partial charge < -0.3 is 0 Å². The Balaban J connectivity index is -0.0000000133. The summed E-state index contributed by atoms with van der Waals surface area (Å²) in [6.45, 7) is 0. The van der Waals surface area contributed by atoms with Gasteiger partial charge in [0.2, 0.25) is 0 Å². The first-order valence-electron chi connectivity index (χ1n) is 0.698. The van der Waals surface area contributed by atoms with E-state index in [9.17, 15) is 0 Å². The van der Waals surface area contributed by atoms with Crippen LogP contribution in [-0.4, -0.2) is 124 Å². The van der Waals surface area contributed by atoms with Crippen LogP contribution >= 0.6 is 0 Å². The molecule has 0 heterocycles. The van der Waals surface area contributed by atoms with Crippen LogP contribution in [0.3, 0.4) is 0 Å². The Morgan fingerprint density at radius 3 is 0.889 bits per heavy atom.